The average Bonchev–Trinajstić information content (AvgIpc) is 3.46. The highest BCUT2D eigenvalue weighted by molar-refractivity contribution is 6.05. The van der Waals surface area contributed by atoms with Gasteiger partial charge in [-0.3, -0.25) is 0 Å². The topological polar surface area (TPSA) is 3.24 Å². The van der Waals surface area contributed by atoms with Crippen molar-refractivity contribution in [3.8, 4) is 44.5 Å². The Bertz CT molecular complexity index is 2840. The van der Waals surface area contributed by atoms with Crippen LogP contribution in [0.4, 0.5) is 17.1 Å². The van der Waals surface area contributed by atoms with Crippen LogP contribution >= 0.6 is 0 Å². The molecule has 0 saturated carbocycles. The van der Waals surface area contributed by atoms with Crippen molar-refractivity contribution >= 4 is 38.6 Å². The highest BCUT2D eigenvalue weighted by atomic mass is 15.1. The van der Waals surface area contributed by atoms with Gasteiger partial charge in [0.15, 0.2) is 0 Å². The molecule has 0 atom stereocenters. The van der Waals surface area contributed by atoms with Crippen molar-refractivity contribution in [1.82, 2.24) is 0 Å². The highest BCUT2D eigenvalue weighted by Crippen LogP contribution is 2.52. The van der Waals surface area contributed by atoms with Crippen molar-refractivity contribution in [3.05, 3.63) is 211 Å². The first kappa shape index (κ1) is 32.0. The normalized spacial score (nSPS) is 12.8. The van der Waals surface area contributed by atoms with Crippen LogP contribution in [0.1, 0.15) is 25.0 Å². The fourth-order valence-electron chi connectivity index (χ4n) is 8.75. The van der Waals surface area contributed by atoms with Crippen LogP contribution < -0.4 is 4.90 Å². The summed E-state index contributed by atoms with van der Waals surface area (Å²) in [7, 11) is 0. The molecule has 1 heteroatoms. The van der Waals surface area contributed by atoms with E-state index in [0.29, 0.717) is 0 Å². The van der Waals surface area contributed by atoms with Crippen LogP contribution in [0.2, 0.25) is 0 Å². The molecule has 1 nitrogen and oxygen atoms in total. The van der Waals surface area contributed by atoms with Gasteiger partial charge in [-0.1, -0.05) is 178 Å². The third-order valence-electron chi connectivity index (χ3n) is 11.5. The van der Waals surface area contributed by atoms with Crippen molar-refractivity contribution in [2.75, 3.05) is 4.90 Å². The average molecular weight is 690 g/mol. The number of fused-ring (bicyclic) bond motifs is 5. The molecule has 1 aliphatic rings. The van der Waals surface area contributed by atoms with Crippen LogP contribution in [0.3, 0.4) is 0 Å². The first-order valence-corrected chi connectivity index (χ1v) is 18.8. The van der Waals surface area contributed by atoms with Gasteiger partial charge in [0.25, 0.3) is 0 Å². The molecule has 0 amide bonds. The fourth-order valence-corrected chi connectivity index (χ4v) is 8.75. The number of hydrogen-bond donors (Lipinski definition) is 0. The van der Waals surface area contributed by atoms with Gasteiger partial charge >= 0.3 is 0 Å². The molecule has 9 aromatic rings. The Morgan fingerprint density at radius 1 is 0.352 bits per heavy atom. The SMILES string of the molecule is CC1(C)c2ccccc2-c2ccc(N(c3ccc(-c4ccccc4)cc3)c3cccc(-c4cccc5ccccc45)c3-c3ccc4ccccc4c3)cc21. The second-order valence-electron chi connectivity index (χ2n) is 14.9. The Kier molecular flexibility index (Phi) is 7.56. The summed E-state index contributed by atoms with van der Waals surface area (Å²) < 4.78 is 0. The Morgan fingerprint density at radius 3 is 1.80 bits per heavy atom. The molecule has 54 heavy (non-hydrogen) atoms. The lowest BCUT2D eigenvalue weighted by molar-refractivity contribution is 0.660. The standard InChI is InChI=1S/C53H39N/c1-53(2)49-24-11-10-21-46(49)47-33-32-43(35-50(47)53)54(42-30-28-38(29-31-42)36-14-4-3-5-15-36)51-25-13-23-48(45-22-12-19-39-17-8-9-20-44(39)45)52(51)41-27-26-37-16-6-7-18-40(37)34-41/h3-35H,1-2H3. The molecule has 0 heterocycles. The van der Waals surface area contributed by atoms with Crippen LogP contribution in [0, 0.1) is 0 Å². The van der Waals surface area contributed by atoms with E-state index in [1.807, 2.05) is 0 Å². The third kappa shape index (κ3) is 5.24. The zero-order chi connectivity index (χ0) is 36.2. The smallest absolute Gasteiger partial charge is 0.0546 e. The Labute approximate surface area is 317 Å². The van der Waals surface area contributed by atoms with E-state index in [1.165, 1.54) is 77.2 Å². The second kappa shape index (κ2) is 12.8. The van der Waals surface area contributed by atoms with Gasteiger partial charge in [0.05, 0.1) is 5.69 Å². The summed E-state index contributed by atoms with van der Waals surface area (Å²) in [6.45, 7) is 4.73. The molecular formula is C53H39N. The number of rotatable bonds is 6. The molecular weight excluding hydrogens is 651 g/mol. The molecule has 0 saturated heterocycles. The summed E-state index contributed by atoms with van der Waals surface area (Å²) in [5.41, 5.74) is 15.9. The highest BCUT2D eigenvalue weighted by Gasteiger charge is 2.36. The van der Waals surface area contributed by atoms with Crippen LogP contribution in [0.15, 0.2) is 200 Å². The summed E-state index contributed by atoms with van der Waals surface area (Å²) in [4.78, 5) is 2.48. The minimum absolute atomic E-state index is 0.128. The minimum atomic E-state index is -0.128. The van der Waals surface area contributed by atoms with Crippen LogP contribution in [-0.2, 0) is 5.41 Å². The minimum Gasteiger partial charge on any atom is -0.310 e. The van der Waals surface area contributed by atoms with Crippen molar-refractivity contribution < 1.29 is 0 Å². The summed E-state index contributed by atoms with van der Waals surface area (Å²) in [6.07, 6.45) is 0. The molecule has 0 aliphatic heterocycles. The van der Waals surface area contributed by atoms with Crippen LogP contribution in [0.5, 0.6) is 0 Å². The molecule has 0 unspecified atom stereocenters. The van der Waals surface area contributed by atoms with Crippen molar-refractivity contribution in [2.45, 2.75) is 19.3 Å². The quantitative estimate of drug-likeness (QED) is 0.168. The van der Waals surface area contributed by atoms with Gasteiger partial charge in [-0.25, -0.2) is 0 Å². The third-order valence-corrected chi connectivity index (χ3v) is 11.5. The largest absolute Gasteiger partial charge is 0.310 e. The second-order valence-corrected chi connectivity index (χ2v) is 14.9. The first-order valence-electron chi connectivity index (χ1n) is 18.8. The Balaban J connectivity index is 1.25. The van der Waals surface area contributed by atoms with E-state index in [0.717, 1.165) is 17.1 Å². The zero-order valence-electron chi connectivity index (χ0n) is 30.5. The molecule has 0 fully saturated rings. The lowest BCUT2D eigenvalue weighted by Crippen LogP contribution is -2.17. The molecule has 0 N–H and O–H groups in total. The van der Waals surface area contributed by atoms with Crippen LogP contribution in [0.25, 0.3) is 66.1 Å². The zero-order valence-corrected chi connectivity index (χ0v) is 30.5. The van der Waals surface area contributed by atoms with Gasteiger partial charge in [0.2, 0.25) is 0 Å². The first-order chi connectivity index (χ1) is 26.5. The van der Waals surface area contributed by atoms with Crippen molar-refractivity contribution in [3.63, 3.8) is 0 Å². The molecule has 1 aliphatic carbocycles. The van der Waals surface area contributed by atoms with Crippen molar-refractivity contribution in [2.24, 2.45) is 0 Å². The summed E-state index contributed by atoms with van der Waals surface area (Å²) in [6, 6.07) is 73.6. The lowest BCUT2D eigenvalue weighted by Gasteiger charge is -2.31. The van der Waals surface area contributed by atoms with Crippen LogP contribution in [-0.4, -0.2) is 0 Å². The maximum atomic E-state index is 2.48. The summed E-state index contributed by atoms with van der Waals surface area (Å²) in [5, 5.41) is 4.94. The van der Waals surface area contributed by atoms with E-state index >= 15 is 0 Å². The van der Waals surface area contributed by atoms with Gasteiger partial charge in [-0.15, -0.1) is 0 Å². The predicted molar refractivity (Wildman–Crippen MR) is 230 cm³/mol. The van der Waals surface area contributed by atoms with E-state index in [1.54, 1.807) is 0 Å². The monoisotopic (exact) mass is 689 g/mol. The van der Waals surface area contributed by atoms with Gasteiger partial charge < -0.3 is 4.90 Å². The van der Waals surface area contributed by atoms with E-state index in [4.69, 9.17) is 0 Å². The molecule has 10 rings (SSSR count). The van der Waals surface area contributed by atoms with Gasteiger partial charge in [0, 0.05) is 22.4 Å². The Hall–Kier alpha value is -6.70. The maximum Gasteiger partial charge on any atom is 0.0546 e. The van der Waals surface area contributed by atoms with E-state index in [-0.39, 0.29) is 5.41 Å². The van der Waals surface area contributed by atoms with Gasteiger partial charge in [0.1, 0.15) is 0 Å². The maximum absolute atomic E-state index is 2.48. The number of hydrogen-bond acceptors (Lipinski definition) is 1. The molecule has 0 aromatic heterocycles. The van der Waals surface area contributed by atoms with Gasteiger partial charge in [-0.05, 0) is 108 Å². The van der Waals surface area contributed by atoms with E-state index < -0.39 is 0 Å². The van der Waals surface area contributed by atoms with Gasteiger partial charge in [-0.2, -0.15) is 0 Å². The van der Waals surface area contributed by atoms with Crippen molar-refractivity contribution in [1.29, 1.82) is 0 Å². The molecule has 9 aromatic carbocycles. The molecule has 0 radical (unpaired) electrons. The summed E-state index contributed by atoms with van der Waals surface area (Å²) in [5.74, 6) is 0. The molecule has 0 bridgehead atoms. The van der Waals surface area contributed by atoms with E-state index in [9.17, 15) is 0 Å². The predicted octanol–water partition coefficient (Wildman–Crippen LogP) is 14.8. The fraction of sp³-hybridized carbons (Fsp3) is 0.0566. The lowest BCUT2D eigenvalue weighted by atomic mass is 9.82. The summed E-state index contributed by atoms with van der Waals surface area (Å²) >= 11 is 0. The molecule has 256 valence electrons. The number of nitrogens with zero attached hydrogens (tertiary/aromatic N) is 1. The van der Waals surface area contributed by atoms with E-state index in [2.05, 4.69) is 219 Å². The Morgan fingerprint density at radius 2 is 0.944 bits per heavy atom. The number of benzene rings is 9. The number of anilines is 3. The molecule has 0 spiro atoms.